The molecule has 6 nitrogen and oxygen atoms in total. The maximum absolute atomic E-state index is 10.9. The van der Waals surface area contributed by atoms with Crippen molar-refractivity contribution in [3.05, 3.63) is 12.7 Å². The fourth-order valence-electron chi connectivity index (χ4n) is 1.34. The van der Waals surface area contributed by atoms with Gasteiger partial charge >= 0.3 is 14.8 Å². The van der Waals surface area contributed by atoms with Crippen molar-refractivity contribution in [3.63, 3.8) is 0 Å². The smallest absolute Gasteiger partial charge is 0.433 e. The summed E-state index contributed by atoms with van der Waals surface area (Å²) in [5.41, 5.74) is 0. The summed E-state index contributed by atoms with van der Waals surface area (Å²) in [4.78, 5) is 10.9. The molecule has 0 saturated carbocycles. The van der Waals surface area contributed by atoms with Crippen molar-refractivity contribution in [2.75, 3.05) is 27.9 Å². The van der Waals surface area contributed by atoms with E-state index in [0.29, 0.717) is 19.1 Å². The lowest BCUT2D eigenvalue weighted by atomic mass is 10.5. The molecule has 0 N–H and O–H groups in total. The van der Waals surface area contributed by atoms with E-state index in [0.717, 1.165) is 6.08 Å². The van der Waals surface area contributed by atoms with Gasteiger partial charge in [0.25, 0.3) is 0 Å². The summed E-state index contributed by atoms with van der Waals surface area (Å²) < 4.78 is 26.0. The lowest BCUT2D eigenvalue weighted by molar-refractivity contribution is -0.168. The Balaban J connectivity index is 3.84. The number of hydrogen-bond acceptors (Lipinski definition) is 6. The molecule has 0 aromatic carbocycles. The molecule has 0 aromatic heterocycles. The predicted octanol–water partition coefficient (Wildman–Crippen LogP) is 1.35. The quantitative estimate of drug-likeness (QED) is 0.198. The van der Waals surface area contributed by atoms with E-state index in [9.17, 15) is 4.79 Å². The fourth-order valence-corrected chi connectivity index (χ4v) is 3.03. The second-order valence-corrected chi connectivity index (χ2v) is 6.57. The molecule has 0 amide bonds. The Morgan fingerprint density at radius 1 is 1.28 bits per heavy atom. The SMILES string of the molecule is C=CC(=O)OC(C)OCCC[Si](OC)(OC)OC. The van der Waals surface area contributed by atoms with Crippen LogP contribution in [0.2, 0.25) is 6.04 Å². The van der Waals surface area contributed by atoms with Gasteiger partial charge in [0.1, 0.15) is 0 Å². The Bertz CT molecular complexity index is 246. The van der Waals surface area contributed by atoms with Gasteiger partial charge < -0.3 is 22.8 Å². The number of hydrogen-bond donors (Lipinski definition) is 0. The summed E-state index contributed by atoms with van der Waals surface area (Å²) in [6, 6.07) is 0.638. The van der Waals surface area contributed by atoms with Gasteiger partial charge in [0, 0.05) is 33.4 Å². The molecule has 0 aliphatic rings. The fraction of sp³-hybridized carbons (Fsp3) is 0.727. The van der Waals surface area contributed by atoms with Crippen LogP contribution in [0.5, 0.6) is 0 Å². The Labute approximate surface area is 109 Å². The maximum atomic E-state index is 10.9. The van der Waals surface area contributed by atoms with Crippen LogP contribution in [-0.2, 0) is 27.5 Å². The molecule has 0 aliphatic carbocycles. The largest absolute Gasteiger partial charge is 0.500 e. The molecule has 0 heterocycles. The standard InChI is InChI=1S/C11H22O6Si/c1-6-11(12)17-10(2)16-8-7-9-18(13-3,14-4)15-5/h6,10H,1,7-9H2,2-5H3. The van der Waals surface area contributed by atoms with Crippen LogP contribution < -0.4 is 0 Å². The van der Waals surface area contributed by atoms with Crippen molar-refractivity contribution in [2.24, 2.45) is 0 Å². The third kappa shape index (κ3) is 6.27. The molecule has 0 spiro atoms. The Morgan fingerprint density at radius 2 is 1.83 bits per heavy atom. The molecular weight excluding hydrogens is 256 g/mol. The molecule has 1 unspecified atom stereocenters. The van der Waals surface area contributed by atoms with Crippen LogP contribution in [0.15, 0.2) is 12.7 Å². The summed E-state index contributed by atoms with van der Waals surface area (Å²) in [6.07, 6.45) is 1.19. The van der Waals surface area contributed by atoms with Crippen LogP contribution in [0, 0.1) is 0 Å². The lowest BCUT2D eigenvalue weighted by Gasteiger charge is -2.24. The van der Waals surface area contributed by atoms with Gasteiger partial charge in [0.05, 0.1) is 6.61 Å². The highest BCUT2D eigenvalue weighted by Crippen LogP contribution is 2.15. The first-order valence-corrected chi connectivity index (χ1v) is 7.57. The molecule has 1 atom stereocenters. The maximum Gasteiger partial charge on any atom is 0.500 e. The predicted molar refractivity (Wildman–Crippen MR) is 67.9 cm³/mol. The highest BCUT2D eigenvalue weighted by molar-refractivity contribution is 6.60. The van der Waals surface area contributed by atoms with Crippen LogP contribution in [0.4, 0.5) is 0 Å². The van der Waals surface area contributed by atoms with Gasteiger partial charge in [-0.1, -0.05) is 6.58 Å². The summed E-state index contributed by atoms with van der Waals surface area (Å²) >= 11 is 0. The molecular formula is C11H22O6Si. The molecule has 7 heteroatoms. The summed E-state index contributed by atoms with van der Waals surface area (Å²) in [6.45, 7) is 5.38. The number of rotatable bonds is 10. The van der Waals surface area contributed by atoms with E-state index in [4.69, 9.17) is 22.8 Å². The van der Waals surface area contributed by atoms with E-state index >= 15 is 0 Å². The number of ether oxygens (including phenoxy) is 2. The topological polar surface area (TPSA) is 63.2 Å². The molecule has 0 aliphatic heterocycles. The normalized spacial score (nSPS) is 13.1. The number of carbonyl (C=O) groups excluding carboxylic acids is 1. The lowest BCUT2D eigenvalue weighted by Crippen LogP contribution is -2.42. The van der Waals surface area contributed by atoms with E-state index in [1.54, 1.807) is 28.3 Å². The molecule has 0 bridgehead atoms. The van der Waals surface area contributed by atoms with Crippen LogP contribution in [-0.4, -0.2) is 49.0 Å². The highest BCUT2D eigenvalue weighted by Gasteiger charge is 2.36. The first-order chi connectivity index (χ1) is 8.53. The summed E-state index contributed by atoms with van der Waals surface area (Å²) in [7, 11) is 2.16. The monoisotopic (exact) mass is 278 g/mol. The van der Waals surface area contributed by atoms with Gasteiger partial charge in [-0.25, -0.2) is 4.79 Å². The minimum atomic E-state index is -2.53. The van der Waals surface area contributed by atoms with Crippen LogP contribution in [0.1, 0.15) is 13.3 Å². The van der Waals surface area contributed by atoms with Crippen LogP contribution >= 0.6 is 0 Å². The Morgan fingerprint density at radius 3 is 2.28 bits per heavy atom. The van der Waals surface area contributed by atoms with Gasteiger partial charge in [-0.05, 0) is 13.3 Å². The average Bonchev–Trinajstić information content (AvgIpc) is 2.39. The zero-order valence-corrected chi connectivity index (χ0v) is 12.4. The Hall–Kier alpha value is -0.733. The number of esters is 1. The van der Waals surface area contributed by atoms with Gasteiger partial charge in [0.2, 0.25) is 0 Å². The van der Waals surface area contributed by atoms with Gasteiger partial charge in [-0.3, -0.25) is 0 Å². The third-order valence-electron chi connectivity index (χ3n) is 2.36. The second-order valence-electron chi connectivity index (χ2n) is 3.48. The van der Waals surface area contributed by atoms with Gasteiger partial charge in [-0.2, -0.15) is 0 Å². The second kappa shape index (κ2) is 9.23. The Kier molecular flexibility index (Phi) is 8.85. The van der Waals surface area contributed by atoms with Crippen molar-refractivity contribution in [1.29, 1.82) is 0 Å². The van der Waals surface area contributed by atoms with Gasteiger partial charge in [0.15, 0.2) is 6.29 Å². The van der Waals surface area contributed by atoms with Crippen molar-refractivity contribution in [1.82, 2.24) is 0 Å². The molecule has 106 valence electrons. The average molecular weight is 278 g/mol. The first-order valence-electron chi connectivity index (χ1n) is 5.63. The zero-order valence-electron chi connectivity index (χ0n) is 11.4. The van der Waals surface area contributed by atoms with Crippen molar-refractivity contribution < 1.29 is 27.5 Å². The minimum Gasteiger partial charge on any atom is -0.433 e. The molecule has 0 radical (unpaired) electrons. The zero-order chi connectivity index (χ0) is 14.0. The summed E-state index contributed by atoms with van der Waals surface area (Å²) in [5.74, 6) is -0.503. The van der Waals surface area contributed by atoms with Gasteiger partial charge in [-0.15, -0.1) is 0 Å². The molecule has 0 aromatic rings. The molecule has 18 heavy (non-hydrogen) atoms. The minimum absolute atomic E-state index is 0.427. The van der Waals surface area contributed by atoms with Crippen molar-refractivity contribution in [3.8, 4) is 0 Å². The van der Waals surface area contributed by atoms with Crippen molar-refractivity contribution in [2.45, 2.75) is 25.7 Å². The van der Waals surface area contributed by atoms with E-state index in [1.807, 2.05) is 0 Å². The first kappa shape index (κ1) is 17.3. The third-order valence-corrected chi connectivity index (χ3v) is 5.19. The van der Waals surface area contributed by atoms with Crippen molar-refractivity contribution >= 4 is 14.8 Å². The van der Waals surface area contributed by atoms with E-state index in [-0.39, 0.29) is 0 Å². The number of carbonyl (C=O) groups is 1. The van der Waals surface area contributed by atoms with Crippen LogP contribution in [0.3, 0.4) is 0 Å². The molecule has 0 saturated heterocycles. The molecule has 0 fully saturated rings. The highest BCUT2D eigenvalue weighted by atomic mass is 28.4. The van der Waals surface area contributed by atoms with E-state index in [1.165, 1.54) is 0 Å². The van der Waals surface area contributed by atoms with E-state index < -0.39 is 21.1 Å². The van der Waals surface area contributed by atoms with Crippen LogP contribution in [0.25, 0.3) is 0 Å². The van der Waals surface area contributed by atoms with E-state index in [2.05, 4.69) is 6.58 Å². The summed E-state index contributed by atoms with van der Waals surface area (Å²) in [5, 5.41) is 0. The molecule has 0 rings (SSSR count).